The molecule has 5 heteroatoms. The van der Waals surface area contributed by atoms with Crippen LogP contribution in [-0.2, 0) is 4.74 Å². The van der Waals surface area contributed by atoms with Crippen molar-refractivity contribution in [1.29, 1.82) is 0 Å². The Morgan fingerprint density at radius 2 is 2.08 bits per heavy atom. The highest BCUT2D eigenvalue weighted by atomic mass is 19.4. The lowest BCUT2D eigenvalue weighted by molar-refractivity contribution is -0.217. The molecule has 13 heavy (non-hydrogen) atoms. The van der Waals surface area contributed by atoms with Crippen molar-refractivity contribution in [2.45, 2.75) is 12.3 Å². The van der Waals surface area contributed by atoms with Crippen LogP contribution in [0.3, 0.4) is 0 Å². The first-order chi connectivity index (χ1) is 6.05. The first-order valence-electron chi connectivity index (χ1n) is 3.56. The lowest BCUT2D eigenvalue weighted by atomic mass is 10.2. The summed E-state index contributed by atoms with van der Waals surface area (Å²) in [6, 6.07) is 4.31. The minimum absolute atomic E-state index is 0.127. The van der Waals surface area contributed by atoms with Gasteiger partial charge in [-0.25, -0.2) is 0 Å². The molecule has 1 atom stereocenters. The number of methoxy groups -OCH3 is 1. The Labute approximate surface area is 73.4 Å². The fourth-order valence-corrected chi connectivity index (χ4v) is 0.953. The predicted molar refractivity (Wildman–Crippen MR) is 40.0 cm³/mol. The monoisotopic (exact) mass is 191 g/mol. The fraction of sp³-hybridized carbons (Fsp3) is 0.375. The molecule has 0 saturated carbocycles. The summed E-state index contributed by atoms with van der Waals surface area (Å²) in [6.07, 6.45) is -5.05. The molecule has 0 aliphatic rings. The number of ether oxygens (including phenoxy) is 1. The van der Waals surface area contributed by atoms with E-state index in [4.69, 9.17) is 0 Å². The number of hydrogen-bond acceptors (Lipinski definition) is 2. The maximum atomic E-state index is 12.2. The van der Waals surface area contributed by atoms with Crippen molar-refractivity contribution in [3.63, 3.8) is 0 Å². The van der Waals surface area contributed by atoms with Crippen molar-refractivity contribution >= 4 is 0 Å². The van der Waals surface area contributed by atoms with Gasteiger partial charge in [-0.1, -0.05) is 6.07 Å². The fourth-order valence-electron chi connectivity index (χ4n) is 0.953. The number of aromatic nitrogens is 1. The first kappa shape index (κ1) is 9.98. The van der Waals surface area contributed by atoms with Gasteiger partial charge in [0.15, 0.2) is 6.10 Å². The van der Waals surface area contributed by atoms with Crippen LogP contribution in [0.5, 0.6) is 0 Å². The van der Waals surface area contributed by atoms with E-state index >= 15 is 0 Å². The van der Waals surface area contributed by atoms with E-state index < -0.39 is 12.3 Å². The highest BCUT2D eigenvalue weighted by Gasteiger charge is 2.41. The van der Waals surface area contributed by atoms with Crippen LogP contribution >= 0.6 is 0 Å². The highest BCUT2D eigenvalue weighted by Crippen LogP contribution is 2.33. The number of alkyl halides is 3. The van der Waals surface area contributed by atoms with Gasteiger partial charge in [0.25, 0.3) is 0 Å². The minimum atomic E-state index is -4.41. The minimum Gasteiger partial charge on any atom is -0.366 e. The molecular weight excluding hydrogens is 183 g/mol. The van der Waals surface area contributed by atoms with E-state index in [1.54, 1.807) is 6.07 Å². The van der Waals surface area contributed by atoms with Gasteiger partial charge in [-0.2, -0.15) is 13.2 Å². The molecule has 0 saturated heterocycles. The second-order valence-electron chi connectivity index (χ2n) is 2.41. The lowest BCUT2D eigenvalue weighted by Gasteiger charge is -2.17. The van der Waals surface area contributed by atoms with Crippen LogP contribution < -0.4 is 0 Å². The van der Waals surface area contributed by atoms with E-state index in [9.17, 15) is 13.2 Å². The largest absolute Gasteiger partial charge is 0.420 e. The summed E-state index contributed by atoms with van der Waals surface area (Å²) < 4.78 is 41.0. The number of nitrogens with zero attached hydrogens (tertiary/aromatic N) is 1. The van der Waals surface area contributed by atoms with Crippen molar-refractivity contribution in [1.82, 2.24) is 4.98 Å². The summed E-state index contributed by atoms with van der Waals surface area (Å²) in [6.45, 7) is 0. The summed E-state index contributed by atoms with van der Waals surface area (Å²) in [7, 11) is 1.01. The molecular formula is C8H8F3NO. The smallest absolute Gasteiger partial charge is 0.366 e. The predicted octanol–water partition coefficient (Wildman–Crippen LogP) is 2.33. The molecule has 72 valence electrons. The van der Waals surface area contributed by atoms with Crippen LogP contribution in [0.1, 0.15) is 11.8 Å². The van der Waals surface area contributed by atoms with Crippen molar-refractivity contribution in [3.05, 3.63) is 30.1 Å². The third kappa shape index (κ3) is 2.42. The Hall–Kier alpha value is -1.10. The maximum Gasteiger partial charge on any atom is 0.420 e. The quantitative estimate of drug-likeness (QED) is 0.715. The molecule has 2 nitrogen and oxygen atoms in total. The molecule has 0 aliphatic carbocycles. The standard InChI is InChI=1S/C8H8F3NO/c1-13-7(8(9,10)11)6-4-2-3-5-12-6/h2-5,7H,1H3. The van der Waals surface area contributed by atoms with E-state index in [0.29, 0.717) is 0 Å². The molecule has 0 bridgehead atoms. The van der Waals surface area contributed by atoms with Gasteiger partial charge in [-0.05, 0) is 12.1 Å². The van der Waals surface area contributed by atoms with E-state index in [2.05, 4.69) is 9.72 Å². The third-order valence-electron chi connectivity index (χ3n) is 1.49. The summed E-state index contributed by atoms with van der Waals surface area (Å²) in [4.78, 5) is 3.57. The van der Waals surface area contributed by atoms with Gasteiger partial charge in [0.05, 0.1) is 5.69 Å². The van der Waals surface area contributed by atoms with Crippen molar-refractivity contribution in [3.8, 4) is 0 Å². The van der Waals surface area contributed by atoms with Crippen molar-refractivity contribution < 1.29 is 17.9 Å². The van der Waals surface area contributed by atoms with Gasteiger partial charge >= 0.3 is 6.18 Å². The molecule has 1 heterocycles. The molecule has 0 spiro atoms. The average molecular weight is 191 g/mol. The number of halogens is 3. The van der Waals surface area contributed by atoms with Crippen LogP contribution in [0, 0.1) is 0 Å². The number of rotatable bonds is 2. The zero-order valence-corrected chi connectivity index (χ0v) is 6.88. The Bertz CT molecular complexity index is 260. The van der Waals surface area contributed by atoms with Gasteiger partial charge in [-0.15, -0.1) is 0 Å². The molecule has 1 rings (SSSR count). The second-order valence-corrected chi connectivity index (χ2v) is 2.41. The molecule has 1 aromatic heterocycles. The Morgan fingerprint density at radius 1 is 1.38 bits per heavy atom. The SMILES string of the molecule is COC(c1ccccn1)C(F)(F)F. The van der Waals surface area contributed by atoms with Gasteiger partial charge < -0.3 is 4.74 Å². The summed E-state index contributed by atoms with van der Waals surface area (Å²) >= 11 is 0. The lowest BCUT2D eigenvalue weighted by Crippen LogP contribution is -2.23. The van der Waals surface area contributed by atoms with Gasteiger partial charge in [0.1, 0.15) is 0 Å². The van der Waals surface area contributed by atoms with E-state index in [0.717, 1.165) is 7.11 Å². The van der Waals surface area contributed by atoms with Gasteiger partial charge in [0.2, 0.25) is 0 Å². The van der Waals surface area contributed by atoms with Gasteiger partial charge in [0, 0.05) is 13.3 Å². The summed E-state index contributed by atoms with van der Waals surface area (Å²) in [5.74, 6) is 0. The first-order valence-corrected chi connectivity index (χ1v) is 3.56. The Balaban J connectivity index is 2.92. The molecule has 0 aromatic carbocycles. The number of pyridine rings is 1. The molecule has 0 aliphatic heterocycles. The molecule has 1 unspecified atom stereocenters. The number of hydrogen-bond donors (Lipinski definition) is 0. The van der Waals surface area contributed by atoms with E-state index in [1.165, 1.54) is 18.3 Å². The molecule has 0 N–H and O–H groups in total. The summed E-state index contributed by atoms with van der Waals surface area (Å²) in [5, 5.41) is 0. The van der Waals surface area contributed by atoms with E-state index in [1.807, 2.05) is 0 Å². The Kier molecular flexibility index (Phi) is 2.87. The molecule has 0 fully saturated rings. The maximum absolute atomic E-state index is 12.2. The molecule has 0 amide bonds. The summed E-state index contributed by atoms with van der Waals surface area (Å²) in [5.41, 5.74) is -0.127. The average Bonchev–Trinajstić information content (AvgIpc) is 2.05. The van der Waals surface area contributed by atoms with Crippen molar-refractivity contribution in [2.75, 3.05) is 7.11 Å². The zero-order valence-electron chi connectivity index (χ0n) is 6.88. The Morgan fingerprint density at radius 3 is 2.46 bits per heavy atom. The van der Waals surface area contributed by atoms with Crippen molar-refractivity contribution in [2.24, 2.45) is 0 Å². The van der Waals surface area contributed by atoms with Crippen LogP contribution in [0.15, 0.2) is 24.4 Å². The van der Waals surface area contributed by atoms with Crippen LogP contribution in [0.2, 0.25) is 0 Å². The van der Waals surface area contributed by atoms with E-state index in [-0.39, 0.29) is 5.69 Å². The highest BCUT2D eigenvalue weighted by molar-refractivity contribution is 5.08. The van der Waals surface area contributed by atoms with Crippen LogP contribution in [-0.4, -0.2) is 18.3 Å². The van der Waals surface area contributed by atoms with Crippen LogP contribution in [0.4, 0.5) is 13.2 Å². The zero-order chi connectivity index (χ0) is 9.90. The molecule has 0 radical (unpaired) electrons. The second kappa shape index (κ2) is 3.74. The molecule has 1 aromatic rings. The third-order valence-corrected chi connectivity index (χ3v) is 1.49. The normalized spacial score (nSPS) is 14.2. The van der Waals surface area contributed by atoms with Crippen LogP contribution in [0.25, 0.3) is 0 Å². The topological polar surface area (TPSA) is 22.1 Å². The van der Waals surface area contributed by atoms with Gasteiger partial charge in [-0.3, -0.25) is 4.98 Å².